The van der Waals surface area contributed by atoms with Crippen LogP contribution in [0.15, 0.2) is 146 Å². The van der Waals surface area contributed by atoms with E-state index in [0.717, 1.165) is 32.9 Å². The number of hydrogen-bond acceptors (Lipinski definition) is 8. The molecule has 2 saturated heterocycles. The molecule has 4 fully saturated rings. The Morgan fingerprint density at radius 2 is 0.919 bits per heavy atom. The van der Waals surface area contributed by atoms with Gasteiger partial charge in [0.05, 0.1) is 85.0 Å². The minimum atomic E-state index is -1.12. The number of methoxy groups -OCH3 is 2. The molecule has 376 valence electrons. The quantitative estimate of drug-likeness (QED) is 0.115. The summed E-state index contributed by atoms with van der Waals surface area (Å²) < 4.78 is 68.1. The number of nitrogens with zero attached hydrogens (tertiary/aromatic N) is 6. The molecule has 0 spiro atoms. The standard InChI is InChI=1S/2C28H24F2N4O3/c2*1-37-21-4-2-3-16(12-21)27-24(32-28(36)22-13-23(22)30)14-26(35)33(27)20-9-10-25-17(11-20)15-31-34(25)19-7-5-18(29)6-8-19/h2*2-12,15,22-24,27H,13-14H2,1H3,(H,32,36)/t22-,23+,24+,27-;22-,23+,24-,27+/m00/s1. The number of carbonyl (C=O) groups is 4. The molecule has 8 aromatic rings. The first-order chi connectivity index (χ1) is 35.8. The molecular formula is C56H48F4N8O6. The maximum atomic E-state index is 13.5. The van der Waals surface area contributed by atoms with Gasteiger partial charge in [0.25, 0.3) is 0 Å². The summed E-state index contributed by atoms with van der Waals surface area (Å²) in [5.74, 6) is -1.74. The predicted molar refractivity (Wildman–Crippen MR) is 268 cm³/mol. The van der Waals surface area contributed by atoms with Crippen LogP contribution in [0, 0.1) is 23.5 Å². The molecule has 14 nitrogen and oxygen atoms in total. The van der Waals surface area contributed by atoms with Crippen LogP contribution in [0.2, 0.25) is 0 Å². The summed E-state index contributed by atoms with van der Waals surface area (Å²) in [4.78, 5) is 55.3. The topological polar surface area (TPSA) is 153 Å². The molecule has 18 heteroatoms. The van der Waals surface area contributed by atoms with Crippen LogP contribution in [0.5, 0.6) is 11.5 Å². The van der Waals surface area contributed by atoms with E-state index in [0.29, 0.717) is 34.2 Å². The van der Waals surface area contributed by atoms with Gasteiger partial charge in [0.2, 0.25) is 23.6 Å². The molecule has 0 radical (unpaired) electrons. The number of rotatable bonds is 12. The van der Waals surface area contributed by atoms with Gasteiger partial charge in [0, 0.05) is 35.0 Å². The van der Waals surface area contributed by atoms with Crippen molar-refractivity contribution in [3.63, 3.8) is 0 Å². The average Bonchev–Trinajstić information content (AvgIpc) is 4.07. The van der Waals surface area contributed by atoms with Crippen molar-refractivity contribution in [1.29, 1.82) is 0 Å². The van der Waals surface area contributed by atoms with Crippen molar-refractivity contribution in [2.75, 3.05) is 24.0 Å². The fourth-order valence-electron chi connectivity index (χ4n) is 10.1. The number of carbonyl (C=O) groups excluding carboxylic acids is 4. The molecule has 4 aliphatic rings. The Balaban J connectivity index is 0.000000159. The number of nitrogens with one attached hydrogen (secondary N) is 2. The van der Waals surface area contributed by atoms with Crippen LogP contribution in [0.4, 0.5) is 28.9 Å². The minimum Gasteiger partial charge on any atom is -0.497 e. The molecule has 12 rings (SSSR count). The summed E-state index contributed by atoms with van der Waals surface area (Å²) >= 11 is 0. The van der Waals surface area contributed by atoms with Crippen molar-refractivity contribution in [2.45, 2.75) is 62.2 Å². The van der Waals surface area contributed by atoms with Crippen molar-refractivity contribution in [3.8, 4) is 22.9 Å². The van der Waals surface area contributed by atoms with Crippen molar-refractivity contribution in [2.24, 2.45) is 11.8 Å². The minimum absolute atomic E-state index is 0.0875. The Labute approximate surface area is 421 Å². The first kappa shape index (κ1) is 47.8. The molecule has 2 aromatic heterocycles. The third kappa shape index (κ3) is 9.27. The maximum Gasteiger partial charge on any atom is 0.229 e. The van der Waals surface area contributed by atoms with E-state index in [4.69, 9.17) is 9.47 Å². The molecule has 4 heterocycles. The van der Waals surface area contributed by atoms with Crippen LogP contribution in [-0.4, -0.2) is 81.8 Å². The molecule has 0 bridgehead atoms. The molecule has 74 heavy (non-hydrogen) atoms. The number of aromatic nitrogens is 4. The fourth-order valence-corrected chi connectivity index (χ4v) is 10.1. The maximum absolute atomic E-state index is 13.5. The van der Waals surface area contributed by atoms with Gasteiger partial charge in [0.15, 0.2) is 0 Å². The van der Waals surface area contributed by atoms with Crippen LogP contribution in [-0.2, 0) is 19.2 Å². The van der Waals surface area contributed by atoms with Gasteiger partial charge >= 0.3 is 0 Å². The van der Waals surface area contributed by atoms with E-state index in [-0.39, 0.29) is 60.9 Å². The van der Waals surface area contributed by atoms with Gasteiger partial charge < -0.3 is 29.9 Å². The van der Waals surface area contributed by atoms with E-state index in [9.17, 15) is 36.7 Å². The lowest BCUT2D eigenvalue weighted by Gasteiger charge is -2.29. The first-order valence-electron chi connectivity index (χ1n) is 24.1. The molecule has 2 aliphatic heterocycles. The lowest BCUT2D eigenvalue weighted by molar-refractivity contribution is -0.124. The molecular weight excluding hydrogens is 957 g/mol. The predicted octanol–water partition coefficient (Wildman–Crippen LogP) is 8.99. The van der Waals surface area contributed by atoms with Crippen molar-refractivity contribution >= 4 is 56.8 Å². The zero-order valence-corrected chi connectivity index (χ0v) is 39.9. The summed E-state index contributed by atoms with van der Waals surface area (Å²) in [5.41, 5.74) is 5.91. The SMILES string of the molecule is COc1cccc([C@@H]2[C@@H](NC(=O)[C@H]3C[C@H]3F)CC(=O)N2c2ccc3c(cnn3-c3ccc(F)cc3)c2)c1.COc1cccc([C@H]2[C@H](NC(=O)[C@H]3C[C@H]3F)CC(=O)N2c2ccc3c(cnn3-c3ccc(F)cc3)c2)c1. The van der Waals surface area contributed by atoms with E-state index >= 15 is 0 Å². The normalized spacial score (nSPS) is 22.9. The van der Waals surface area contributed by atoms with Crippen LogP contribution in [0.1, 0.15) is 48.9 Å². The molecule has 8 atom stereocenters. The average molecular weight is 1010 g/mol. The fraction of sp³-hybridized carbons (Fsp3) is 0.250. The Kier molecular flexibility index (Phi) is 12.6. The van der Waals surface area contributed by atoms with E-state index in [2.05, 4.69) is 20.8 Å². The lowest BCUT2D eigenvalue weighted by Crippen LogP contribution is -2.41. The van der Waals surface area contributed by atoms with Crippen molar-refractivity contribution in [3.05, 3.63) is 169 Å². The van der Waals surface area contributed by atoms with Crippen molar-refractivity contribution in [1.82, 2.24) is 30.2 Å². The second-order valence-corrected chi connectivity index (χ2v) is 18.9. The zero-order valence-electron chi connectivity index (χ0n) is 39.9. The number of hydrogen-bond donors (Lipinski definition) is 2. The number of fused-ring (bicyclic) bond motifs is 2. The molecule has 2 saturated carbocycles. The molecule has 2 aliphatic carbocycles. The number of halogens is 4. The van der Waals surface area contributed by atoms with Gasteiger partial charge in [-0.05, 0) is 133 Å². The van der Waals surface area contributed by atoms with Gasteiger partial charge in [-0.1, -0.05) is 24.3 Å². The monoisotopic (exact) mass is 1000 g/mol. The number of ether oxygens (including phenoxy) is 2. The van der Waals surface area contributed by atoms with Gasteiger partial charge in [-0.25, -0.2) is 26.9 Å². The highest BCUT2D eigenvalue weighted by molar-refractivity contribution is 6.01. The summed E-state index contributed by atoms with van der Waals surface area (Å²) in [6.07, 6.45) is 1.75. The van der Waals surface area contributed by atoms with Gasteiger partial charge in [-0.15, -0.1) is 0 Å². The van der Waals surface area contributed by atoms with Crippen LogP contribution in [0.3, 0.4) is 0 Å². The Morgan fingerprint density at radius 1 is 0.541 bits per heavy atom. The molecule has 4 amide bonds. The zero-order chi connectivity index (χ0) is 51.4. The number of anilines is 2. The van der Waals surface area contributed by atoms with E-state index < -0.39 is 48.3 Å². The number of amides is 4. The summed E-state index contributed by atoms with van der Waals surface area (Å²) in [6.45, 7) is 0. The second-order valence-electron chi connectivity index (χ2n) is 18.9. The lowest BCUT2D eigenvalue weighted by atomic mass is 9.99. The highest BCUT2D eigenvalue weighted by atomic mass is 19.1. The van der Waals surface area contributed by atoms with E-state index in [1.54, 1.807) is 70.0 Å². The van der Waals surface area contributed by atoms with Gasteiger partial charge in [-0.3, -0.25) is 19.2 Å². The van der Waals surface area contributed by atoms with Crippen molar-refractivity contribution < 1.29 is 46.2 Å². The van der Waals surface area contributed by atoms with Crippen LogP contribution in [0.25, 0.3) is 33.2 Å². The Hall–Kier alpha value is -8.54. The van der Waals surface area contributed by atoms with Crippen LogP contribution < -0.4 is 29.9 Å². The highest BCUT2D eigenvalue weighted by Gasteiger charge is 2.49. The summed E-state index contributed by atoms with van der Waals surface area (Å²) in [7, 11) is 3.13. The van der Waals surface area contributed by atoms with Gasteiger partial charge in [0.1, 0.15) is 35.5 Å². The highest BCUT2D eigenvalue weighted by Crippen LogP contribution is 2.43. The first-order valence-corrected chi connectivity index (χ1v) is 24.1. The number of benzene rings is 6. The van der Waals surface area contributed by atoms with E-state index in [1.165, 1.54) is 24.3 Å². The second kappa shape index (κ2) is 19.5. The third-order valence-corrected chi connectivity index (χ3v) is 14.1. The third-order valence-electron chi connectivity index (χ3n) is 14.1. The Morgan fingerprint density at radius 3 is 1.28 bits per heavy atom. The van der Waals surface area contributed by atoms with Gasteiger partial charge in [-0.2, -0.15) is 10.2 Å². The molecule has 2 N–H and O–H groups in total. The molecule has 6 aromatic carbocycles. The van der Waals surface area contributed by atoms with Crippen LogP contribution >= 0.6 is 0 Å². The smallest absolute Gasteiger partial charge is 0.229 e. The molecule has 0 unspecified atom stereocenters. The number of alkyl halides is 2. The summed E-state index contributed by atoms with van der Waals surface area (Å²) in [6, 6.07) is 35.9. The summed E-state index contributed by atoms with van der Waals surface area (Å²) in [5, 5.41) is 16.3. The largest absolute Gasteiger partial charge is 0.497 e. The van der Waals surface area contributed by atoms with E-state index in [1.807, 2.05) is 84.9 Å². The Bertz CT molecular complexity index is 3230.